The summed E-state index contributed by atoms with van der Waals surface area (Å²) < 4.78 is 18.3. The van der Waals surface area contributed by atoms with Gasteiger partial charge in [-0.15, -0.1) is 0 Å². The highest BCUT2D eigenvalue weighted by atomic mass is 32.2. The Bertz CT molecular complexity index is 826. The molecule has 1 saturated heterocycles. The van der Waals surface area contributed by atoms with Crippen LogP contribution in [-0.2, 0) is 21.3 Å². The molecule has 6 nitrogen and oxygen atoms in total. The van der Waals surface area contributed by atoms with E-state index in [9.17, 15) is 9.00 Å². The molecule has 0 radical (unpaired) electrons. The summed E-state index contributed by atoms with van der Waals surface area (Å²) in [6.45, 7) is 10.2. The molecule has 1 fully saturated rings. The van der Waals surface area contributed by atoms with Crippen molar-refractivity contribution < 1.29 is 13.4 Å². The summed E-state index contributed by atoms with van der Waals surface area (Å²) in [6, 6.07) is 7.87. The molecule has 1 amide bonds. The van der Waals surface area contributed by atoms with Gasteiger partial charge in [-0.25, -0.2) is 4.98 Å². The van der Waals surface area contributed by atoms with Crippen LogP contribution in [0.3, 0.4) is 0 Å². The summed E-state index contributed by atoms with van der Waals surface area (Å²) >= 11 is 0. The molecule has 0 bridgehead atoms. The van der Waals surface area contributed by atoms with E-state index in [0.29, 0.717) is 30.4 Å². The molecule has 27 heavy (non-hydrogen) atoms. The summed E-state index contributed by atoms with van der Waals surface area (Å²) in [5.74, 6) is 1.44. The first-order chi connectivity index (χ1) is 13.0. The van der Waals surface area contributed by atoms with E-state index >= 15 is 0 Å². The normalized spacial score (nSPS) is 16.5. The van der Waals surface area contributed by atoms with Crippen LogP contribution < -0.4 is 0 Å². The summed E-state index contributed by atoms with van der Waals surface area (Å²) in [4.78, 5) is 21.1. The van der Waals surface area contributed by atoms with Crippen molar-refractivity contribution in [2.75, 3.05) is 38.5 Å². The summed E-state index contributed by atoms with van der Waals surface area (Å²) in [5.41, 5.74) is 2.67. The fourth-order valence-corrected chi connectivity index (χ4v) is 4.37. The zero-order chi connectivity index (χ0) is 19.4. The monoisotopic (exact) mass is 389 g/mol. The van der Waals surface area contributed by atoms with Gasteiger partial charge in [-0.2, -0.15) is 0 Å². The van der Waals surface area contributed by atoms with Gasteiger partial charge in [0.1, 0.15) is 11.5 Å². The Morgan fingerprint density at radius 1 is 1.19 bits per heavy atom. The molecule has 1 aromatic heterocycles. The molecule has 1 aliphatic heterocycles. The van der Waals surface area contributed by atoms with Crippen LogP contribution in [0.5, 0.6) is 0 Å². The second-order valence-corrected chi connectivity index (χ2v) is 8.34. The summed E-state index contributed by atoms with van der Waals surface area (Å²) in [5, 5.41) is 0. The minimum absolute atomic E-state index is 0.0376. The van der Waals surface area contributed by atoms with Crippen molar-refractivity contribution in [3.05, 3.63) is 41.3 Å². The van der Waals surface area contributed by atoms with Crippen LogP contribution >= 0.6 is 0 Å². The molecular formula is C20H27N3O3S. The van der Waals surface area contributed by atoms with Gasteiger partial charge in [-0.3, -0.25) is 9.00 Å². The molecule has 1 aliphatic rings. The van der Waals surface area contributed by atoms with E-state index in [1.54, 1.807) is 0 Å². The molecule has 2 aromatic rings. The number of piperazine rings is 1. The first-order valence-corrected chi connectivity index (χ1v) is 10.8. The second kappa shape index (κ2) is 8.80. The van der Waals surface area contributed by atoms with Crippen molar-refractivity contribution >= 4 is 16.7 Å². The highest BCUT2D eigenvalue weighted by Gasteiger charge is 2.23. The maximum Gasteiger partial charge on any atom is 0.235 e. The van der Waals surface area contributed by atoms with E-state index in [0.717, 1.165) is 30.8 Å². The van der Waals surface area contributed by atoms with Crippen LogP contribution in [0.1, 0.15) is 23.9 Å². The average molecular weight is 390 g/mol. The molecule has 1 unspecified atom stereocenters. The highest BCUT2D eigenvalue weighted by molar-refractivity contribution is 7.84. The number of hydrogen-bond acceptors (Lipinski definition) is 5. The molecule has 0 saturated carbocycles. The zero-order valence-corrected chi connectivity index (χ0v) is 17.1. The molecule has 146 valence electrons. The van der Waals surface area contributed by atoms with Gasteiger partial charge in [0, 0.05) is 42.5 Å². The number of carbonyl (C=O) groups is 1. The average Bonchev–Trinajstić information content (AvgIpc) is 3.02. The van der Waals surface area contributed by atoms with Gasteiger partial charge >= 0.3 is 0 Å². The second-order valence-electron chi connectivity index (χ2n) is 6.88. The Balaban J connectivity index is 1.60. The van der Waals surface area contributed by atoms with Crippen molar-refractivity contribution in [2.45, 2.75) is 26.5 Å². The summed E-state index contributed by atoms with van der Waals surface area (Å²) in [6.07, 6.45) is 0. The summed E-state index contributed by atoms with van der Waals surface area (Å²) in [7, 11) is -1.30. The fourth-order valence-electron chi connectivity index (χ4n) is 3.24. The van der Waals surface area contributed by atoms with Gasteiger partial charge in [0.25, 0.3) is 0 Å². The number of benzene rings is 1. The predicted molar refractivity (Wildman–Crippen MR) is 107 cm³/mol. The van der Waals surface area contributed by atoms with Gasteiger partial charge in [0.05, 0.1) is 11.4 Å². The Hall–Kier alpha value is -1.99. The first-order valence-electron chi connectivity index (χ1n) is 9.35. The van der Waals surface area contributed by atoms with E-state index in [1.165, 1.54) is 0 Å². The SMILES string of the molecule is CCN1CCN(C(=O)CS(=O)Cc2nc(-c3ccccc3C)oc2C)CC1. The van der Waals surface area contributed by atoms with E-state index in [2.05, 4.69) is 16.8 Å². The molecule has 3 rings (SSSR count). The Morgan fingerprint density at radius 3 is 2.56 bits per heavy atom. The van der Waals surface area contributed by atoms with Crippen molar-refractivity contribution in [1.29, 1.82) is 0 Å². The maximum atomic E-state index is 12.5. The van der Waals surface area contributed by atoms with Crippen LogP contribution in [-0.4, -0.2) is 63.4 Å². The lowest BCUT2D eigenvalue weighted by molar-refractivity contribution is -0.130. The molecular weight excluding hydrogens is 362 g/mol. The molecule has 2 heterocycles. The largest absolute Gasteiger partial charge is 0.441 e. The lowest BCUT2D eigenvalue weighted by atomic mass is 10.1. The van der Waals surface area contributed by atoms with Crippen LogP contribution in [0.2, 0.25) is 0 Å². The Labute approximate surface area is 163 Å². The number of aromatic nitrogens is 1. The zero-order valence-electron chi connectivity index (χ0n) is 16.2. The van der Waals surface area contributed by atoms with E-state index in [-0.39, 0.29) is 17.4 Å². The topological polar surface area (TPSA) is 66.7 Å². The first kappa shape index (κ1) is 19.8. The quantitative estimate of drug-likeness (QED) is 0.759. The number of hydrogen-bond donors (Lipinski definition) is 0. The van der Waals surface area contributed by atoms with Crippen LogP contribution in [0.4, 0.5) is 0 Å². The number of aryl methyl sites for hydroxylation is 2. The maximum absolute atomic E-state index is 12.5. The molecule has 0 N–H and O–H groups in total. The molecule has 7 heteroatoms. The van der Waals surface area contributed by atoms with Gasteiger partial charge in [-0.05, 0) is 32.0 Å². The minimum Gasteiger partial charge on any atom is -0.441 e. The number of rotatable bonds is 6. The number of carbonyl (C=O) groups excluding carboxylic acids is 1. The lowest BCUT2D eigenvalue weighted by Gasteiger charge is -2.34. The van der Waals surface area contributed by atoms with Crippen LogP contribution in [0.15, 0.2) is 28.7 Å². The van der Waals surface area contributed by atoms with E-state index < -0.39 is 10.8 Å². The van der Waals surface area contributed by atoms with Gasteiger partial charge in [0.2, 0.25) is 11.8 Å². The number of likely N-dealkylation sites (N-methyl/N-ethyl adjacent to an activating group) is 1. The third kappa shape index (κ3) is 4.84. The smallest absolute Gasteiger partial charge is 0.235 e. The van der Waals surface area contributed by atoms with Crippen molar-refractivity contribution in [3.8, 4) is 11.5 Å². The fraction of sp³-hybridized carbons (Fsp3) is 0.500. The Morgan fingerprint density at radius 2 is 1.89 bits per heavy atom. The van der Waals surface area contributed by atoms with Gasteiger partial charge in [0.15, 0.2) is 0 Å². The minimum atomic E-state index is -1.30. The molecule has 0 spiro atoms. The van der Waals surface area contributed by atoms with E-state index in [4.69, 9.17) is 4.42 Å². The molecule has 1 aromatic carbocycles. The number of oxazole rings is 1. The van der Waals surface area contributed by atoms with Gasteiger partial charge in [-0.1, -0.05) is 25.1 Å². The third-order valence-electron chi connectivity index (χ3n) is 5.02. The lowest BCUT2D eigenvalue weighted by Crippen LogP contribution is -2.49. The number of amides is 1. The van der Waals surface area contributed by atoms with Crippen molar-refractivity contribution in [1.82, 2.24) is 14.8 Å². The van der Waals surface area contributed by atoms with Crippen LogP contribution in [0.25, 0.3) is 11.5 Å². The van der Waals surface area contributed by atoms with Crippen LogP contribution in [0, 0.1) is 13.8 Å². The number of nitrogens with zero attached hydrogens (tertiary/aromatic N) is 3. The standard InChI is InChI=1S/C20H27N3O3S/c1-4-22-9-11-23(12-10-22)19(24)14-27(25)13-18-16(3)26-20(21-18)17-8-6-5-7-15(17)2/h5-8H,4,9-14H2,1-3H3. The van der Waals surface area contributed by atoms with Crippen molar-refractivity contribution in [2.24, 2.45) is 0 Å². The van der Waals surface area contributed by atoms with Gasteiger partial charge < -0.3 is 14.2 Å². The third-order valence-corrected chi connectivity index (χ3v) is 6.19. The van der Waals surface area contributed by atoms with E-state index in [1.807, 2.05) is 43.0 Å². The molecule has 0 aliphatic carbocycles. The predicted octanol–water partition coefficient (Wildman–Crippen LogP) is 2.37. The van der Waals surface area contributed by atoms with Crippen molar-refractivity contribution in [3.63, 3.8) is 0 Å². The Kier molecular flexibility index (Phi) is 6.44. The molecule has 1 atom stereocenters. The highest BCUT2D eigenvalue weighted by Crippen LogP contribution is 2.25.